The first kappa shape index (κ1) is 11.4. The van der Waals surface area contributed by atoms with Gasteiger partial charge < -0.3 is 10.2 Å². The summed E-state index contributed by atoms with van der Waals surface area (Å²) in [4.78, 5) is 25.8. The van der Waals surface area contributed by atoms with Crippen LogP contribution in [0, 0.1) is 5.92 Å². The van der Waals surface area contributed by atoms with Crippen molar-refractivity contribution < 1.29 is 9.59 Å². The van der Waals surface area contributed by atoms with Gasteiger partial charge in [-0.25, -0.2) is 0 Å². The number of nitrogens with one attached hydrogen (secondary N) is 1. The molecule has 0 spiro atoms. The van der Waals surface area contributed by atoms with Gasteiger partial charge in [-0.3, -0.25) is 9.59 Å². The van der Waals surface area contributed by atoms with Crippen LogP contribution in [-0.4, -0.2) is 34.8 Å². The van der Waals surface area contributed by atoms with Crippen LogP contribution >= 0.6 is 0 Å². The molecule has 0 aromatic carbocycles. The minimum Gasteiger partial charge on any atom is -0.340 e. The second kappa shape index (κ2) is 3.75. The predicted molar refractivity (Wildman–Crippen MR) is 60.7 cm³/mol. The highest BCUT2D eigenvalue weighted by atomic mass is 16.2. The van der Waals surface area contributed by atoms with Crippen LogP contribution in [-0.2, 0) is 9.59 Å². The van der Waals surface area contributed by atoms with E-state index >= 15 is 0 Å². The van der Waals surface area contributed by atoms with Crippen molar-refractivity contribution >= 4 is 11.8 Å². The van der Waals surface area contributed by atoms with Gasteiger partial charge in [0.05, 0.1) is 6.54 Å². The van der Waals surface area contributed by atoms with Crippen LogP contribution in [0.4, 0.5) is 0 Å². The van der Waals surface area contributed by atoms with Gasteiger partial charge in [-0.15, -0.1) is 0 Å². The topological polar surface area (TPSA) is 49.4 Å². The van der Waals surface area contributed by atoms with Crippen molar-refractivity contribution in [1.29, 1.82) is 0 Å². The molecule has 2 aliphatic rings. The Morgan fingerprint density at radius 3 is 2.62 bits per heavy atom. The first-order valence-corrected chi connectivity index (χ1v) is 6.11. The molecule has 1 heterocycles. The van der Waals surface area contributed by atoms with E-state index in [4.69, 9.17) is 0 Å². The molecule has 1 saturated heterocycles. The number of carbonyl (C=O) groups is 2. The lowest BCUT2D eigenvalue weighted by atomic mass is 9.90. The Hall–Kier alpha value is -1.06. The summed E-state index contributed by atoms with van der Waals surface area (Å²) < 4.78 is 0. The number of amides is 2. The summed E-state index contributed by atoms with van der Waals surface area (Å²) >= 11 is 0. The molecule has 1 aliphatic carbocycles. The van der Waals surface area contributed by atoms with Gasteiger partial charge >= 0.3 is 0 Å². The molecule has 1 aliphatic heterocycles. The van der Waals surface area contributed by atoms with Crippen LogP contribution in [0.3, 0.4) is 0 Å². The number of nitrogens with zero attached hydrogens (tertiary/aromatic N) is 1. The van der Waals surface area contributed by atoms with E-state index in [1.165, 1.54) is 0 Å². The Morgan fingerprint density at radius 2 is 2.12 bits per heavy atom. The molecule has 2 unspecified atom stereocenters. The SMILES string of the molecule is CCC(C)N1CC(=O)NC(C)(C2CC2)C1=O. The van der Waals surface area contributed by atoms with Crippen molar-refractivity contribution in [3.8, 4) is 0 Å². The third-order valence-corrected chi connectivity index (χ3v) is 3.93. The third kappa shape index (κ3) is 1.70. The first-order valence-electron chi connectivity index (χ1n) is 6.11. The second-order valence-electron chi connectivity index (χ2n) is 5.22. The average molecular weight is 224 g/mol. The molecule has 16 heavy (non-hydrogen) atoms. The molecule has 90 valence electrons. The Kier molecular flexibility index (Phi) is 2.68. The largest absolute Gasteiger partial charge is 0.340 e. The molecular formula is C12H20N2O2. The van der Waals surface area contributed by atoms with Gasteiger partial charge in [-0.2, -0.15) is 0 Å². The van der Waals surface area contributed by atoms with Crippen LogP contribution in [0.25, 0.3) is 0 Å². The molecule has 2 rings (SSSR count). The smallest absolute Gasteiger partial charge is 0.249 e. The van der Waals surface area contributed by atoms with Gasteiger partial charge in [0.25, 0.3) is 0 Å². The van der Waals surface area contributed by atoms with Crippen molar-refractivity contribution in [3.05, 3.63) is 0 Å². The molecule has 1 saturated carbocycles. The lowest BCUT2D eigenvalue weighted by Crippen LogP contribution is -2.67. The number of piperazine rings is 1. The molecule has 0 aromatic heterocycles. The maximum Gasteiger partial charge on any atom is 0.249 e. The summed E-state index contributed by atoms with van der Waals surface area (Å²) in [5.74, 6) is 0.425. The molecular weight excluding hydrogens is 204 g/mol. The molecule has 4 nitrogen and oxygen atoms in total. The van der Waals surface area contributed by atoms with Gasteiger partial charge in [-0.1, -0.05) is 6.92 Å². The quantitative estimate of drug-likeness (QED) is 0.774. The molecule has 0 aromatic rings. The van der Waals surface area contributed by atoms with E-state index in [0.29, 0.717) is 5.92 Å². The zero-order valence-corrected chi connectivity index (χ0v) is 10.2. The summed E-state index contributed by atoms with van der Waals surface area (Å²) in [6.07, 6.45) is 2.99. The Labute approximate surface area is 96.4 Å². The van der Waals surface area contributed by atoms with Gasteiger partial charge in [0.2, 0.25) is 11.8 Å². The highest BCUT2D eigenvalue weighted by molar-refractivity contribution is 5.98. The van der Waals surface area contributed by atoms with E-state index in [2.05, 4.69) is 5.32 Å². The normalized spacial score (nSPS) is 32.6. The van der Waals surface area contributed by atoms with Crippen molar-refractivity contribution in [2.45, 2.75) is 51.6 Å². The minimum atomic E-state index is -0.640. The minimum absolute atomic E-state index is 0.0192. The summed E-state index contributed by atoms with van der Waals surface area (Å²) in [6, 6.07) is 0.150. The van der Waals surface area contributed by atoms with E-state index in [0.717, 1.165) is 19.3 Å². The van der Waals surface area contributed by atoms with Gasteiger partial charge in [0.15, 0.2) is 0 Å². The average Bonchev–Trinajstić information content (AvgIpc) is 3.06. The second-order valence-corrected chi connectivity index (χ2v) is 5.22. The van der Waals surface area contributed by atoms with E-state index < -0.39 is 5.54 Å². The molecule has 2 atom stereocenters. The number of rotatable bonds is 3. The summed E-state index contributed by atoms with van der Waals surface area (Å²) in [6.45, 7) is 6.14. The van der Waals surface area contributed by atoms with Crippen molar-refractivity contribution in [2.24, 2.45) is 5.92 Å². The van der Waals surface area contributed by atoms with Crippen LogP contribution in [0.1, 0.15) is 40.0 Å². The molecule has 1 N–H and O–H groups in total. The lowest BCUT2D eigenvalue weighted by molar-refractivity contribution is -0.152. The molecule has 4 heteroatoms. The van der Waals surface area contributed by atoms with E-state index in [1.54, 1.807) is 4.90 Å². The van der Waals surface area contributed by atoms with Gasteiger partial charge in [-0.05, 0) is 39.0 Å². The van der Waals surface area contributed by atoms with Gasteiger partial charge in [0.1, 0.15) is 5.54 Å². The molecule has 0 radical (unpaired) electrons. The third-order valence-electron chi connectivity index (χ3n) is 3.93. The van der Waals surface area contributed by atoms with E-state index in [9.17, 15) is 9.59 Å². The first-order chi connectivity index (χ1) is 7.49. The lowest BCUT2D eigenvalue weighted by Gasteiger charge is -2.42. The Balaban J connectivity index is 2.22. The summed E-state index contributed by atoms with van der Waals surface area (Å²) in [5.41, 5.74) is -0.640. The standard InChI is InChI=1S/C12H20N2O2/c1-4-8(2)14-7-10(15)13-12(3,11(14)16)9-5-6-9/h8-9H,4-7H2,1-3H3,(H,13,15). The maximum absolute atomic E-state index is 12.4. The zero-order chi connectivity index (χ0) is 11.9. The van der Waals surface area contributed by atoms with Gasteiger partial charge in [0, 0.05) is 6.04 Å². The van der Waals surface area contributed by atoms with E-state index in [1.807, 2.05) is 20.8 Å². The number of carbonyl (C=O) groups excluding carboxylic acids is 2. The Bertz CT molecular complexity index is 325. The molecule has 2 amide bonds. The van der Waals surface area contributed by atoms with Crippen molar-refractivity contribution in [2.75, 3.05) is 6.54 Å². The van der Waals surface area contributed by atoms with E-state index in [-0.39, 0.29) is 24.4 Å². The summed E-state index contributed by atoms with van der Waals surface area (Å²) in [7, 11) is 0. The monoisotopic (exact) mass is 224 g/mol. The summed E-state index contributed by atoms with van der Waals surface area (Å²) in [5, 5.41) is 2.88. The fourth-order valence-corrected chi connectivity index (χ4v) is 2.42. The number of hydrogen-bond donors (Lipinski definition) is 1. The van der Waals surface area contributed by atoms with Crippen LogP contribution in [0.5, 0.6) is 0 Å². The van der Waals surface area contributed by atoms with Crippen LogP contribution in [0.2, 0.25) is 0 Å². The maximum atomic E-state index is 12.4. The Morgan fingerprint density at radius 1 is 1.50 bits per heavy atom. The molecule has 2 fully saturated rings. The highest BCUT2D eigenvalue weighted by Gasteiger charge is 2.53. The fourth-order valence-electron chi connectivity index (χ4n) is 2.42. The predicted octanol–water partition coefficient (Wildman–Crippen LogP) is 0.912. The van der Waals surface area contributed by atoms with Crippen molar-refractivity contribution in [1.82, 2.24) is 10.2 Å². The number of hydrogen-bond acceptors (Lipinski definition) is 2. The molecule has 0 bridgehead atoms. The zero-order valence-electron chi connectivity index (χ0n) is 10.2. The van der Waals surface area contributed by atoms with Crippen LogP contribution in [0.15, 0.2) is 0 Å². The van der Waals surface area contributed by atoms with Crippen LogP contribution < -0.4 is 5.32 Å². The highest BCUT2D eigenvalue weighted by Crippen LogP contribution is 2.41. The fraction of sp³-hybridized carbons (Fsp3) is 0.833. The van der Waals surface area contributed by atoms with Crippen molar-refractivity contribution in [3.63, 3.8) is 0 Å².